The number of aromatic nitrogens is 2. The van der Waals surface area contributed by atoms with E-state index in [1.807, 2.05) is 31.2 Å². The number of nitrogens with one attached hydrogen (secondary N) is 1. The van der Waals surface area contributed by atoms with E-state index in [0.717, 1.165) is 27.5 Å². The number of hydrogen-bond acceptors (Lipinski definition) is 4. The number of hydrogen-bond donors (Lipinski definition) is 1. The molecule has 100 valence electrons. The Morgan fingerprint density at radius 1 is 1.30 bits per heavy atom. The molecule has 2 aromatic rings. The summed E-state index contributed by atoms with van der Waals surface area (Å²) in [7, 11) is 0. The smallest absolute Gasteiger partial charge is 0.135 e. The molecular weight excluding hydrogens is 316 g/mol. The second-order valence-electron chi connectivity index (χ2n) is 4.97. The van der Waals surface area contributed by atoms with Crippen LogP contribution in [0.1, 0.15) is 35.7 Å². The van der Waals surface area contributed by atoms with Gasteiger partial charge in [-0.1, -0.05) is 6.07 Å². The zero-order valence-corrected chi connectivity index (χ0v) is 12.6. The third-order valence-electron chi connectivity index (χ3n) is 3.28. The Morgan fingerprint density at radius 2 is 2.10 bits per heavy atom. The van der Waals surface area contributed by atoms with E-state index in [0.29, 0.717) is 11.5 Å². The number of anilines is 2. The molecule has 1 N–H and O–H groups in total. The molecular formula is C15H13BrN4. The maximum Gasteiger partial charge on any atom is 0.135 e. The molecule has 1 saturated carbocycles. The minimum Gasteiger partial charge on any atom is -0.340 e. The second-order valence-corrected chi connectivity index (χ2v) is 5.79. The van der Waals surface area contributed by atoms with Crippen molar-refractivity contribution in [2.75, 3.05) is 5.32 Å². The van der Waals surface area contributed by atoms with Crippen LogP contribution < -0.4 is 5.32 Å². The molecule has 0 unspecified atom stereocenters. The Hall–Kier alpha value is -1.93. The first-order valence-electron chi connectivity index (χ1n) is 6.48. The molecule has 0 radical (unpaired) electrons. The lowest BCUT2D eigenvalue weighted by molar-refractivity contribution is 0.919. The predicted molar refractivity (Wildman–Crippen MR) is 80.9 cm³/mol. The monoisotopic (exact) mass is 328 g/mol. The number of halogens is 1. The Kier molecular flexibility index (Phi) is 3.41. The van der Waals surface area contributed by atoms with Gasteiger partial charge in [-0.25, -0.2) is 9.97 Å². The lowest BCUT2D eigenvalue weighted by Gasteiger charge is -2.10. The molecule has 4 nitrogen and oxygen atoms in total. The molecule has 1 aliphatic rings. The number of benzene rings is 1. The van der Waals surface area contributed by atoms with Crippen LogP contribution in [0.4, 0.5) is 11.5 Å². The lowest BCUT2D eigenvalue weighted by Crippen LogP contribution is -2.01. The highest BCUT2D eigenvalue weighted by atomic mass is 79.9. The van der Waals surface area contributed by atoms with E-state index in [9.17, 15) is 0 Å². The number of rotatable bonds is 3. The van der Waals surface area contributed by atoms with E-state index < -0.39 is 0 Å². The zero-order valence-electron chi connectivity index (χ0n) is 11.0. The molecule has 1 aromatic carbocycles. The first-order valence-corrected chi connectivity index (χ1v) is 7.27. The predicted octanol–water partition coefficient (Wildman–Crippen LogP) is 4.04. The quantitative estimate of drug-likeness (QED) is 0.863. The van der Waals surface area contributed by atoms with Crippen molar-refractivity contribution in [3.8, 4) is 6.07 Å². The topological polar surface area (TPSA) is 61.6 Å². The van der Waals surface area contributed by atoms with Crippen molar-refractivity contribution in [3.05, 3.63) is 45.8 Å². The third kappa shape index (κ3) is 2.81. The van der Waals surface area contributed by atoms with E-state index in [4.69, 9.17) is 5.26 Å². The van der Waals surface area contributed by atoms with E-state index in [1.54, 1.807) is 0 Å². The van der Waals surface area contributed by atoms with Crippen LogP contribution in [0.5, 0.6) is 0 Å². The maximum atomic E-state index is 8.98. The standard InChI is InChI=1S/C15H13BrN4/c1-9-2-3-10(8-17)6-12(9)18-14-7-13(16)19-15(20-14)11-4-5-11/h2-3,6-7,11H,4-5H2,1H3,(H,18,19,20). The highest BCUT2D eigenvalue weighted by Gasteiger charge is 2.27. The molecule has 1 aliphatic carbocycles. The van der Waals surface area contributed by atoms with Gasteiger partial charge in [0, 0.05) is 17.7 Å². The molecule has 0 saturated heterocycles. The fraction of sp³-hybridized carbons (Fsp3) is 0.267. The van der Waals surface area contributed by atoms with Gasteiger partial charge in [0.25, 0.3) is 0 Å². The van der Waals surface area contributed by atoms with E-state index in [1.165, 1.54) is 12.8 Å². The van der Waals surface area contributed by atoms with E-state index in [2.05, 4.69) is 37.3 Å². The fourth-order valence-electron chi connectivity index (χ4n) is 1.99. The summed E-state index contributed by atoms with van der Waals surface area (Å²) in [5.74, 6) is 2.14. The molecule has 1 heterocycles. The van der Waals surface area contributed by atoms with Crippen LogP contribution in [0.25, 0.3) is 0 Å². The first-order chi connectivity index (χ1) is 9.65. The van der Waals surface area contributed by atoms with E-state index >= 15 is 0 Å². The summed E-state index contributed by atoms with van der Waals surface area (Å²) in [4.78, 5) is 8.96. The van der Waals surface area contributed by atoms with Gasteiger partial charge in [-0.05, 0) is 53.4 Å². The van der Waals surface area contributed by atoms with Crippen molar-refractivity contribution >= 4 is 27.4 Å². The Morgan fingerprint density at radius 3 is 2.80 bits per heavy atom. The van der Waals surface area contributed by atoms with Crippen LogP contribution in [0, 0.1) is 18.3 Å². The zero-order chi connectivity index (χ0) is 14.1. The third-order valence-corrected chi connectivity index (χ3v) is 3.69. The summed E-state index contributed by atoms with van der Waals surface area (Å²) in [6, 6.07) is 9.58. The average Bonchev–Trinajstić information content (AvgIpc) is 3.25. The van der Waals surface area contributed by atoms with Gasteiger partial charge in [0.2, 0.25) is 0 Å². The maximum absolute atomic E-state index is 8.98. The number of aryl methyl sites for hydroxylation is 1. The van der Waals surface area contributed by atoms with E-state index in [-0.39, 0.29) is 0 Å². The largest absolute Gasteiger partial charge is 0.340 e. The van der Waals surface area contributed by atoms with Gasteiger partial charge in [-0.2, -0.15) is 5.26 Å². The molecule has 1 aromatic heterocycles. The summed E-state index contributed by atoms with van der Waals surface area (Å²) < 4.78 is 0.783. The minimum atomic E-state index is 0.500. The molecule has 0 atom stereocenters. The lowest BCUT2D eigenvalue weighted by atomic mass is 10.1. The molecule has 5 heteroatoms. The Labute approximate surface area is 126 Å². The van der Waals surface area contributed by atoms with Gasteiger partial charge in [0.1, 0.15) is 16.2 Å². The molecule has 0 amide bonds. The van der Waals surface area contributed by atoms with Crippen molar-refractivity contribution in [2.24, 2.45) is 0 Å². The van der Waals surface area contributed by atoms with Crippen LogP contribution in [-0.2, 0) is 0 Å². The van der Waals surface area contributed by atoms with Gasteiger partial charge in [-0.15, -0.1) is 0 Å². The summed E-state index contributed by atoms with van der Waals surface area (Å²) in [5, 5.41) is 12.3. The van der Waals surface area contributed by atoms with Crippen LogP contribution >= 0.6 is 15.9 Å². The number of nitriles is 1. The fourth-order valence-corrected chi connectivity index (χ4v) is 2.39. The summed E-state index contributed by atoms with van der Waals surface area (Å²) in [5.41, 5.74) is 2.61. The van der Waals surface area contributed by atoms with Crippen LogP contribution in [0.3, 0.4) is 0 Å². The highest BCUT2D eigenvalue weighted by molar-refractivity contribution is 9.10. The normalized spacial score (nSPS) is 13.8. The van der Waals surface area contributed by atoms with Crippen molar-refractivity contribution in [3.63, 3.8) is 0 Å². The van der Waals surface area contributed by atoms with Crippen molar-refractivity contribution in [2.45, 2.75) is 25.7 Å². The number of nitrogens with zero attached hydrogens (tertiary/aromatic N) is 3. The van der Waals surface area contributed by atoms with Crippen LogP contribution in [0.15, 0.2) is 28.9 Å². The van der Waals surface area contributed by atoms with Gasteiger partial charge < -0.3 is 5.32 Å². The minimum absolute atomic E-state index is 0.500. The molecule has 1 fully saturated rings. The SMILES string of the molecule is Cc1ccc(C#N)cc1Nc1cc(Br)nc(C2CC2)n1. The molecule has 20 heavy (non-hydrogen) atoms. The first kappa shape index (κ1) is 13.1. The summed E-state index contributed by atoms with van der Waals surface area (Å²) in [6.45, 7) is 2.00. The Bertz CT molecular complexity index is 702. The van der Waals surface area contributed by atoms with Crippen LogP contribution in [0.2, 0.25) is 0 Å². The van der Waals surface area contributed by atoms with Crippen molar-refractivity contribution in [1.82, 2.24) is 9.97 Å². The molecule has 0 spiro atoms. The average molecular weight is 329 g/mol. The summed E-state index contributed by atoms with van der Waals surface area (Å²) in [6.07, 6.45) is 2.33. The van der Waals surface area contributed by atoms with Gasteiger partial charge in [0.05, 0.1) is 11.6 Å². The summed E-state index contributed by atoms with van der Waals surface area (Å²) >= 11 is 3.43. The second kappa shape index (κ2) is 5.22. The van der Waals surface area contributed by atoms with Gasteiger partial charge >= 0.3 is 0 Å². The highest BCUT2D eigenvalue weighted by Crippen LogP contribution is 2.39. The van der Waals surface area contributed by atoms with Gasteiger partial charge in [0.15, 0.2) is 0 Å². The Balaban J connectivity index is 1.93. The molecule has 0 aliphatic heterocycles. The van der Waals surface area contributed by atoms with Gasteiger partial charge in [-0.3, -0.25) is 0 Å². The van der Waals surface area contributed by atoms with Crippen molar-refractivity contribution < 1.29 is 0 Å². The van der Waals surface area contributed by atoms with Crippen LogP contribution in [-0.4, -0.2) is 9.97 Å². The molecule has 0 bridgehead atoms. The molecule has 3 rings (SSSR count). The van der Waals surface area contributed by atoms with Crippen molar-refractivity contribution in [1.29, 1.82) is 5.26 Å².